The van der Waals surface area contributed by atoms with Crippen molar-refractivity contribution in [3.63, 3.8) is 0 Å². The highest BCUT2D eigenvalue weighted by molar-refractivity contribution is 5.76. The van der Waals surface area contributed by atoms with Gasteiger partial charge in [-0.25, -0.2) is 0 Å². The summed E-state index contributed by atoms with van der Waals surface area (Å²) in [6.45, 7) is 7.18. The zero-order chi connectivity index (χ0) is 21.6. The number of piperidine rings is 1. The Bertz CT molecular complexity index is 841. The summed E-state index contributed by atoms with van der Waals surface area (Å²) in [4.78, 5) is 15.2. The first kappa shape index (κ1) is 21.2. The van der Waals surface area contributed by atoms with Crippen LogP contribution in [0.15, 0.2) is 42.0 Å². The predicted molar refractivity (Wildman–Crippen MR) is 121 cm³/mol. The summed E-state index contributed by atoms with van der Waals surface area (Å²) in [5, 5.41) is 11.1. The fraction of sp³-hybridized carbons (Fsp3) is 0.667. The van der Waals surface area contributed by atoms with Crippen LogP contribution in [0.25, 0.3) is 0 Å². The van der Waals surface area contributed by atoms with Gasteiger partial charge in [0.25, 0.3) is 0 Å². The van der Waals surface area contributed by atoms with Crippen LogP contribution >= 0.6 is 0 Å². The molecule has 3 fully saturated rings. The average molecular weight is 424 g/mol. The lowest BCUT2D eigenvalue weighted by Gasteiger charge is -2.46. The van der Waals surface area contributed by atoms with Crippen molar-refractivity contribution in [1.29, 1.82) is 0 Å². The number of allylic oxidation sites excluding steroid dienone is 1. The van der Waals surface area contributed by atoms with Gasteiger partial charge < -0.3 is 14.7 Å². The Morgan fingerprint density at radius 1 is 1.16 bits per heavy atom. The molecule has 31 heavy (non-hydrogen) atoms. The summed E-state index contributed by atoms with van der Waals surface area (Å²) in [5.41, 5.74) is 2.36. The molecule has 1 saturated carbocycles. The number of ether oxygens (including phenoxy) is 1. The molecule has 1 unspecified atom stereocenters. The van der Waals surface area contributed by atoms with Crippen molar-refractivity contribution < 1.29 is 14.6 Å². The Hall–Kier alpha value is -1.65. The molecular formula is C27H37NO3. The highest BCUT2D eigenvalue weighted by Gasteiger charge is 2.52. The van der Waals surface area contributed by atoms with E-state index >= 15 is 0 Å². The van der Waals surface area contributed by atoms with Gasteiger partial charge in [-0.1, -0.05) is 62.2 Å². The molecule has 0 spiro atoms. The number of benzene rings is 1. The summed E-state index contributed by atoms with van der Waals surface area (Å²) < 4.78 is 5.93. The summed E-state index contributed by atoms with van der Waals surface area (Å²) in [6, 6.07) is 10.3. The minimum Gasteiger partial charge on any atom is -0.461 e. The third-order valence-electron chi connectivity index (χ3n) is 8.70. The number of hydrogen-bond acceptors (Lipinski definition) is 4. The maximum absolute atomic E-state index is 12.8. The van der Waals surface area contributed by atoms with Gasteiger partial charge in [-0.15, -0.1) is 0 Å². The van der Waals surface area contributed by atoms with Crippen LogP contribution in [0, 0.1) is 23.2 Å². The molecule has 2 aliphatic heterocycles. The van der Waals surface area contributed by atoms with E-state index in [9.17, 15) is 9.90 Å². The first-order valence-corrected chi connectivity index (χ1v) is 12.3. The van der Waals surface area contributed by atoms with Crippen molar-refractivity contribution >= 4 is 5.97 Å². The number of carbonyl (C=O) groups is 1. The Kier molecular flexibility index (Phi) is 5.50. The van der Waals surface area contributed by atoms with Gasteiger partial charge in [-0.3, -0.25) is 4.79 Å². The summed E-state index contributed by atoms with van der Waals surface area (Å²) in [6.07, 6.45) is 9.49. The Morgan fingerprint density at radius 2 is 1.90 bits per heavy atom. The molecule has 4 heteroatoms. The molecular weight excluding hydrogens is 386 g/mol. The fourth-order valence-electron chi connectivity index (χ4n) is 6.84. The number of esters is 1. The molecule has 2 heterocycles. The second kappa shape index (κ2) is 8.04. The highest BCUT2D eigenvalue weighted by Crippen LogP contribution is 2.54. The van der Waals surface area contributed by atoms with Crippen LogP contribution in [0.5, 0.6) is 0 Å². The standard InChI is InChI=1S/C27H37NO3/c1-19-7-6-10-26(2)17-24-21(15-23(19)26)22(25(29)31-24)18-28-13-11-27(30,12-14-28)16-20-8-4-3-5-9-20/h3-5,8-9,15,19,21-22,24,30H,6-7,10-14,16-18H2,1-2H3/t19-,21+,22?,24+,26+/m0/s1. The zero-order valence-corrected chi connectivity index (χ0v) is 19.1. The van der Waals surface area contributed by atoms with E-state index in [1.807, 2.05) is 18.2 Å². The molecule has 1 aromatic carbocycles. The molecule has 0 aromatic heterocycles. The SMILES string of the molecule is C[C@H]1CCC[C@]2(C)C[C@H]3OC(=O)C(CN4CCC(O)(Cc5ccccc5)CC4)[C@H]3C=C12. The van der Waals surface area contributed by atoms with E-state index in [1.165, 1.54) is 24.8 Å². The molecule has 5 atom stereocenters. The van der Waals surface area contributed by atoms with Gasteiger partial charge in [0.2, 0.25) is 0 Å². The van der Waals surface area contributed by atoms with Crippen LogP contribution in [-0.4, -0.2) is 47.3 Å². The minimum absolute atomic E-state index is 0.00753. The van der Waals surface area contributed by atoms with Gasteiger partial charge in [0.05, 0.1) is 11.5 Å². The number of rotatable bonds is 4. The Morgan fingerprint density at radius 3 is 2.65 bits per heavy atom. The van der Waals surface area contributed by atoms with E-state index in [1.54, 1.807) is 5.57 Å². The second-order valence-corrected chi connectivity index (χ2v) is 11.0. The van der Waals surface area contributed by atoms with E-state index in [2.05, 4.69) is 37.0 Å². The first-order chi connectivity index (χ1) is 14.9. The Labute approximate surface area is 186 Å². The number of likely N-dealkylation sites (tertiary alicyclic amines) is 1. The minimum atomic E-state index is -0.636. The Balaban J connectivity index is 1.24. The number of fused-ring (bicyclic) bond motifs is 2. The van der Waals surface area contributed by atoms with E-state index in [0.717, 1.165) is 38.9 Å². The van der Waals surface area contributed by atoms with Crippen LogP contribution < -0.4 is 0 Å². The van der Waals surface area contributed by atoms with Gasteiger partial charge in [0.1, 0.15) is 6.10 Å². The zero-order valence-electron chi connectivity index (χ0n) is 19.1. The molecule has 0 radical (unpaired) electrons. The lowest BCUT2D eigenvalue weighted by molar-refractivity contribution is -0.145. The average Bonchev–Trinajstić information content (AvgIpc) is 3.02. The monoisotopic (exact) mass is 423 g/mol. The molecule has 168 valence electrons. The smallest absolute Gasteiger partial charge is 0.311 e. The summed E-state index contributed by atoms with van der Waals surface area (Å²) in [5.74, 6) is 0.781. The van der Waals surface area contributed by atoms with Gasteiger partial charge in [0, 0.05) is 32.0 Å². The van der Waals surface area contributed by atoms with Crippen molar-refractivity contribution in [2.75, 3.05) is 19.6 Å². The van der Waals surface area contributed by atoms with Gasteiger partial charge in [-0.2, -0.15) is 0 Å². The lowest BCUT2D eigenvalue weighted by atomic mass is 9.59. The fourth-order valence-corrected chi connectivity index (χ4v) is 6.84. The first-order valence-electron chi connectivity index (χ1n) is 12.3. The third kappa shape index (κ3) is 4.09. The van der Waals surface area contributed by atoms with E-state index < -0.39 is 5.60 Å². The second-order valence-electron chi connectivity index (χ2n) is 11.0. The van der Waals surface area contributed by atoms with E-state index in [-0.39, 0.29) is 29.3 Å². The topological polar surface area (TPSA) is 49.8 Å². The lowest BCUT2D eigenvalue weighted by Crippen LogP contribution is -2.48. The normalized spacial score (nSPS) is 37.5. The maximum Gasteiger partial charge on any atom is 0.311 e. The van der Waals surface area contributed by atoms with Crippen LogP contribution in [0.3, 0.4) is 0 Å². The van der Waals surface area contributed by atoms with Gasteiger partial charge in [0.15, 0.2) is 0 Å². The summed E-state index contributed by atoms with van der Waals surface area (Å²) >= 11 is 0. The van der Waals surface area contributed by atoms with E-state index in [0.29, 0.717) is 12.3 Å². The molecule has 0 amide bonds. The van der Waals surface area contributed by atoms with Crippen molar-refractivity contribution in [1.82, 2.24) is 4.90 Å². The molecule has 1 N–H and O–H groups in total. The summed E-state index contributed by atoms with van der Waals surface area (Å²) in [7, 11) is 0. The van der Waals surface area contributed by atoms with Crippen LogP contribution in [0.2, 0.25) is 0 Å². The van der Waals surface area contributed by atoms with Crippen LogP contribution in [-0.2, 0) is 16.0 Å². The van der Waals surface area contributed by atoms with Crippen molar-refractivity contribution in [2.24, 2.45) is 23.2 Å². The third-order valence-corrected chi connectivity index (χ3v) is 8.70. The van der Waals surface area contributed by atoms with Crippen molar-refractivity contribution in [3.05, 3.63) is 47.5 Å². The largest absolute Gasteiger partial charge is 0.461 e. The van der Waals surface area contributed by atoms with Gasteiger partial charge in [-0.05, 0) is 49.0 Å². The van der Waals surface area contributed by atoms with E-state index in [4.69, 9.17) is 4.74 Å². The molecule has 1 aromatic rings. The maximum atomic E-state index is 12.8. The molecule has 0 bridgehead atoms. The molecule has 2 saturated heterocycles. The number of nitrogens with zero attached hydrogens (tertiary/aromatic N) is 1. The number of aliphatic hydroxyl groups is 1. The molecule has 4 aliphatic rings. The highest BCUT2D eigenvalue weighted by atomic mass is 16.6. The number of hydrogen-bond donors (Lipinski definition) is 1. The molecule has 4 nitrogen and oxygen atoms in total. The van der Waals surface area contributed by atoms with Crippen LogP contribution in [0.4, 0.5) is 0 Å². The van der Waals surface area contributed by atoms with Gasteiger partial charge >= 0.3 is 5.97 Å². The molecule has 5 rings (SSSR count). The van der Waals surface area contributed by atoms with Crippen molar-refractivity contribution in [2.45, 2.75) is 70.5 Å². The van der Waals surface area contributed by atoms with Crippen molar-refractivity contribution in [3.8, 4) is 0 Å². The predicted octanol–water partition coefficient (Wildman–Crippen LogP) is 4.37. The quantitative estimate of drug-likeness (QED) is 0.577. The van der Waals surface area contributed by atoms with Crippen LogP contribution in [0.1, 0.15) is 57.9 Å². The molecule has 2 aliphatic carbocycles. The number of carbonyl (C=O) groups excluding carboxylic acids is 1.